The summed E-state index contributed by atoms with van der Waals surface area (Å²) in [6.07, 6.45) is 58.0. The Balaban J connectivity index is 4.07. The Morgan fingerprint density at radius 3 is 1.25 bits per heavy atom. The number of carbonyl (C=O) groups excluding carboxylic acids is 3. The van der Waals surface area contributed by atoms with E-state index in [1.54, 1.807) is 0 Å². The predicted octanol–water partition coefficient (Wildman–Crippen LogP) is 15.2. The van der Waals surface area contributed by atoms with Gasteiger partial charge in [-0.25, -0.2) is 0 Å². The number of nitrogens with zero attached hydrogens (tertiary/aromatic N) is 1. The van der Waals surface area contributed by atoms with Crippen molar-refractivity contribution in [1.82, 2.24) is 0 Å². The smallest absolute Gasteiger partial charge is 0.306 e. The molecule has 398 valence electrons. The molecular weight excluding hydrogens is 851 g/mol. The lowest BCUT2D eigenvalue weighted by atomic mass is 10.0. The summed E-state index contributed by atoms with van der Waals surface area (Å²) in [5.74, 6) is -2.31. The van der Waals surface area contributed by atoms with Gasteiger partial charge in [-0.15, -0.1) is 0 Å². The summed E-state index contributed by atoms with van der Waals surface area (Å²) in [6.45, 7) is 4.62. The van der Waals surface area contributed by atoms with Crippen LogP contribution >= 0.6 is 0 Å². The molecule has 0 radical (unpaired) electrons. The molecule has 9 nitrogen and oxygen atoms in total. The number of quaternary nitrogens is 1. The molecule has 68 heavy (non-hydrogen) atoms. The number of unbranched alkanes of at least 4 members (excludes halogenated alkanes) is 32. The van der Waals surface area contributed by atoms with Crippen LogP contribution in [0.4, 0.5) is 0 Å². The van der Waals surface area contributed by atoms with E-state index in [0.717, 1.165) is 57.8 Å². The van der Waals surface area contributed by atoms with Gasteiger partial charge in [0.05, 0.1) is 40.3 Å². The summed E-state index contributed by atoms with van der Waals surface area (Å²) in [5, 5.41) is 11.7. The molecule has 0 amide bonds. The van der Waals surface area contributed by atoms with Crippen LogP contribution in [-0.4, -0.2) is 82.3 Å². The van der Waals surface area contributed by atoms with E-state index in [2.05, 4.69) is 50.3 Å². The zero-order chi connectivity index (χ0) is 49.9. The van der Waals surface area contributed by atoms with Crippen LogP contribution in [0.25, 0.3) is 0 Å². The van der Waals surface area contributed by atoms with Crippen LogP contribution in [-0.2, 0) is 33.3 Å². The van der Waals surface area contributed by atoms with Crippen molar-refractivity contribution in [2.24, 2.45) is 0 Å². The summed E-state index contributed by atoms with van der Waals surface area (Å²) in [7, 11) is 5.91. The third kappa shape index (κ3) is 51.4. The second-order valence-corrected chi connectivity index (χ2v) is 20.6. The molecule has 0 fully saturated rings. The standard InChI is InChI=1S/C59H109NO8/c1-6-8-10-12-14-16-18-20-21-22-23-24-25-26-27-28-29-30-31-32-33-34-35-36-38-39-41-43-45-47-49-56(61)66-53-55(54-67-59(58(63)64)65-52-51-60(3,4)5)68-57(62)50-48-46-44-42-40-37-19-17-15-13-11-9-7-2/h9,11,15,17,37,40,55,59H,6-8,10,12-14,16,18-36,38-39,41-54H2,1-5H3/b11-9-,17-15-,40-37-. The van der Waals surface area contributed by atoms with Gasteiger partial charge < -0.3 is 33.3 Å². The summed E-state index contributed by atoms with van der Waals surface area (Å²) < 4.78 is 22.6. The molecule has 0 aliphatic rings. The molecule has 0 rings (SSSR count). The van der Waals surface area contributed by atoms with Crippen LogP contribution in [0.5, 0.6) is 0 Å². The number of hydrogen-bond acceptors (Lipinski definition) is 8. The Labute approximate surface area is 420 Å². The Morgan fingerprint density at radius 2 is 0.838 bits per heavy atom. The van der Waals surface area contributed by atoms with Gasteiger partial charge in [0.1, 0.15) is 13.2 Å². The lowest BCUT2D eigenvalue weighted by Gasteiger charge is -2.26. The average molecular weight is 961 g/mol. The number of likely N-dealkylation sites (N-methyl/N-ethyl adjacent to an activating group) is 1. The maximum absolute atomic E-state index is 12.8. The second-order valence-electron chi connectivity index (χ2n) is 20.6. The van der Waals surface area contributed by atoms with E-state index in [-0.39, 0.29) is 38.6 Å². The highest BCUT2D eigenvalue weighted by atomic mass is 16.7. The predicted molar refractivity (Wildman–Crippen MR) is 283 cm³/mol. The van der Waals surface area contributed by atoms with Crippen LogP contribution in [0.3, 0.4) is 0 Å². The van der Waals surface area contributed by atoms with E-state index in [0.29, 0.717) is 17.4 Å². The molecule has 0 aromatic carbocycles. The first-order valence-corrected chi connectivity index (χ1v) is 28.6. The molecule has 9 heteroatoms. The maximum Gasteiger partial charge on any atom is 0.306 e. The molecule has 0 saturated carbocycles. The van der Waals surface area contributed by atoms with Gasteiger partial charge in [0, 0.05) is 12.8 Å². The molecule has 2 unspecified atom stereocenters. The summed E-state index contributed by atoms with van der Waals surface area (Å²) >= 11 is 0. The van der Waals surface area contributed by atoms with E-state index in [1.807, 2.05) is 21.1 Å². The number of carbonyl (C=O) groups is 3. The number of aliphatic carboxylic acids is 1. The molecule has 0 spiro atoms. The number of carboxylic acids is 1. The van der Waals surface area contributed by atoms with E-state index in [9.17, 15) is 19.5 Å². The molecule has 0 aromatic heterocycles. The van der Waals surface area contributed by atoms with Crippen LogP contribution < -0.4 is 5.11 Å². The van der Waals surface area contributed by atoms with Gasteiger partial charge in [-0.3, -0.25) is 9.59 Å². The largest absolute Gasteiger partial charge is 0.545 e. The van der Waals surface area contributed by atoms with E-state index < -0.39 is 24.3 Å². The summed E-state index contributed by atoms with van der Waals surface area (Å²) in [6, 6.07) is 0. The zero-order valence-electron chi connectivity index (χ0n) is 45.2. The third-order valence-electron chi connectivity index (χ3n) is 12.7. The molecule has 0 heterocycles. The molecule has 2 atom stereocenters. The van der Waals surface area contributed by atoms with Crippen molar-refractivity contribution < 1.29 is 42.9 Å². The van der Waals surface area contributed by atoms with Crippen LogP contribution in [0.15, 0.2) is 36.5 Å². The SMILES string of the molecule is CC/C=C\C/C=C\C/C=C\CCCCCC(=O)OC(COC(=O)CCCCCCCCCCCCCCCCCCCCCCCCCCCCCCCC)COC(OCC[N+](C)(C)C)C(=O)[O-]. The molecule has 0 N–H and O–H groups in total. The Bertz CT molecular complexity index is 1210. The highest BCUT2D eigenvalue weighted by Gasteiger charge is 2.22. The molecular formula is C59H109NO8. The van der Waals surface area contributed by atoms with Crippen LogP contribution in [0, 0.1) is 0 Å². The number of rotatable bonds is 53. The van der Waals surface area contributed by atoms with Crippen molar-refractivity contribution in [2.45, 2.75) is 277 Å². The Hall–Kier alpha value is -2.49. The van der Waals surface area contributed by atoms with Gasteiger partial charge in [0.2, 0.25) is 0 Å². The van der Waals surface area contributed by atoms with Gasteiger partial charge >= 0.3 is 11.9 Å². The van der Waals surface area contributed by atoms with Crippen LogP contribution in [0.2, 0.25) is 0 Å². The lowest BCUT2D eigenvalue weighted by molar-refractivity contribution is -0.870. The first kappa shape index (κ1) is 65.5. The van der Waals surface area contributed by atoms with Crippen molar-refractivity contribution in [3.63, 3.8) is 0 Å². The van der Waals surface area contributed by atoms with Crippen LogP contribution in [0.1, 0.15) is 264 Å². The normalized spacial score (nSPS) is 13.0. The minimum absolute atomic E-state index is 0.143. The first-order chi connectivity index (χ1) is 33.1. The maximum atomic E-state index is 12.8. The fourth-order valence-corrected chi connectivity index (χ4v) is 8.26. The summed E-state index contributed by atoms with van der Waals surface area (Å²) in [4.78, 5) is 37.1. The number of esters is 2. The third-order valence-corrected chi connectivity index (χ3v) is 12.7. The zero-order valence-corrected chi connectivity index (χ0v) is 45.2. The molecule has 0 saturated heterocycles. The van der Waals surface area contributed by atoms with Gasteiger partial charge in [-0.05, 0) is 44.9 Å². The van der Waals surface area contributed by atoms with Crippen molar-refractivity contribution >= 4 is 17.9 Å². The van der Waals surface area contributed by atoms with Crippen molar-refractivity contribution in [2.75, 3.05) is 47.5 Å². The average Bonchev–Trinajstić information content (AvgIpc) is 3.30. The minimum Gasteiger partial charge on any atom is -0.545 e. The van der Waals surface area contributed by atoms with Crippen molar-refractivity contribution in [3.05, 3.63) is 36.5 Å². The molecule has 0 bridgehead atoms. The number of allylic oxidation sites excluding steroid dienone is 6. The fraction of sp³-hybridized carbons (Fsp3) is 0.847. The van der Waals surface area contributed by atoms with E-state index in [1.165, 1.54) is 173 Å². The van der Waals surface area contributed by atoms with E-state index >= 15 is 0 Å². The quantitative estimate of drug-likeness (QED) is 0.0195. The highest BCUT2D eigenvalue weighted by molar-refractivity contribution is 5.70. The Morgan fingerprint density at radius 1 is 0.456 bits per heavy atom. The molecule has 0 aliphatic carbocycles. The fourth-order valence-electron chi connectivity index (χ4n) is 8.26. The van der Waals surface area contributed by atoms with Crippen molar-refractivity contribution in [1.29, 1.82) is 0 Å². The van der Waals surface area contributed by atoms with E-state index in [4.69, 9.17) is 18.9 Å². The second kappa shape index (κ2) is 50.9. The lowest BCUT2D eigenvalue weighted by Crippen LogP contribution is -2.44. The van der Waals surface area contributed by atoms with Gasteiger partial charge in [-0.2, -0.15) is 0 Å². The highest BCUT2D eigenvalue weighted by Crippen LogP contribution is 2.17. The van der Waals surface area contributed by atoms with Gasteiger partial charge in [-0.1, -0.05) is 243 Å². The number of ether oxygens (including phenoxy) is 4. The topological polar surface area (TPSA) is 111 Å². The number of carboxylic acid groups (broad SMARTS) is 1. The van der Waals surface area contributed by atoms with Gasteiger partial charge in [0.15, 0.2) is 12.4 Å². The minimum atomic E-state index is -1.63. The number of hydrogen-bond donors (Lipinski definition) is 0. The monoisotopic (exact) mass is 960 g/mol. The summed E-state index contributed by atoms with van der Waals surface area (Å²) in [5.41, 5.74) is 0. The molecule has 0 aromatic rings. The molecule has 0 aliphatic heterocycles. The van der Waals surface area contributed by atoms with Gasteiger partial charge in [0.25, 0.3) is 0 Å². The Kier molecular flexibility index (Phi) is 49.0. The first-order valence-electron chi connectivity index (χ1n) is 28.6. The van der Waals surface area contributed by atoms with Crippen molar-refractivity contribution in [3.8, 4) is 0 Å².